The van der Waals surface area contributed by atoms with Gasteiger partial charge in [0, 0.05) is 51.9 Å². The maximum absolute atomic E-state index is 11.1. The molecule has 8 heteroatoms. The highest BCUT2D eigenvalue weighted by Gasteiger charge is 2.21. The summed E-state index contributed by atoms with van der Waals surface area (Å²) in [4.78, 5) is 15.7. The van der Waals surface area contributed by atoms with Gasteiger partial charge in [-0.3, -0.25) is 14.6 Å². The third-order valence-electron chi connectivity index (χ3n) is 5.39. The van der Waals surface area contributed by atoms with E-state index in [4.69, 9.17) is 14.2 Å². The Morgan fingerprint density at radius 1 is 1.06 bits per heavy atom. The van der Waals surface area contributed by atoms with Crippen molar-refractivity contribution in [2.24, 2.45) is 0 Å². The van der Waals surface area contributed by atoms with Gasteiger partial charge in [0.25, 0.3) is 0 Å². The van der Waals surface area contributed by atoms with Gasteiger partial charge in [0.05, 0.1) is 0 Å². The molecule has 2 aliphatic rings. The van der Waals surface area contributed by atoms with Gasteiger partial charge in [-0.25, -0.2) is 0 Å². The van der Waals surface area contributed by atoms with Gasteiger partial charge in [0.1, 0.15) is 18.5 Å². The van der Waals surface area contributed by atoms with Crippen LogP contribution in [0.25, 0.3) is 0 Å². The first-order valence-electron chi connectivity index (χ1n) is 10.6. The lowest BCUT2D eigenvalue weighted by Gasteiger charge is -2.35. The van der Waals surface area contributed by atoms with Crippen molar-refractivity contribution >= 4 is 11.6 Å². The van der Waals surface area contributed by atoms with Gasteiger partial charge in [-0.2, -0.15) is 0 Å². The molecule has 2 N–H and O–H groups in total. The van der Waals surface area contributed by atoms with Gasteiger partial charge in [-0.1, -0.05) is 6.07 Å². The van der Waals surface area contributed by atoms with Crippen LogP contribution in [-0.4, -0.2) is 73.0 Å². The fourth-order valence-electron chi connectivity index (χ4n) is 3.81. The molecule has 2 aliphatic heterocycles. The van der Waals surface area contributed by atoms with Crippen LogP contribution in [0, 0.1) is 0 Å². The van der Waals surface area contributed by atoms with Crippen LogP contribution in [-0.2, 0) is 11.3 Å². The predicted octanol–water partition coefficient (Wildman–Crippen LogP) is 1.93. The molecule has 8 nitrogen and oxygen atoms in total. The number of aliphatic hydroxyl groups excluding tert-OH is 1. The minimum absolute atomic E-state index is 0.111. The van der Waals surface area contributed by atoms with Gasteiger partial charge in [0.2, 0.25) is 12.7 Å². The van der Waals surface area contributed by atoms with Crippen molar-refractivity contribution in [3.63, 3.8) is 0 Å². The Morgan fingerprint density at radius 2 is 1.77 bits per heavy atom. The molecule has 31 heavy (non-hydrogen) atoms. The van der Waals surface area contributed by atoms with Crippen LogP contribution in [0.15, 0.2) is 42.5 Å². The van der Waals surface area contributed by atoms with E-state index in [9.17, 15) is 9.90 Å². The molecule has 1 saturated heterocycles. The number of anilines is 1. The van der Waals surface area contributed by atoms with Crippen molar-refractivity contribution in [1.82, 2.24) is 9.80 Å². The summed E-state index contributed by atoms with van der Waals surface area (Å²) in [6, 6.07) is 13.2. The number of β-amino-alcohol motifs (C(OH)–C–C–N with tert-alkyl or cyclic N) is 1. The zero-order valence-corrected chi connectivity index (χ0v) is 17.8. The van der Waals surface area contributed by atoms with Crippen molar-refractivity contribution in [3.8, 4) is 17.2 Å². The summed E-state index contributed by atoms with van der Waals surface area (Å²) in [5.74, 6) is 2.19. The maximum atomic E-state index is 11.1. The average molecular weight is 428 g/mol. The molecule has 1 fully saturated rings. The molecular formula is C23H29N3O5. The Morgan fingerprint density at radius 3 is 2.52 bits per heavy atom. The minimum Gasteiger partial charge on any atom is -0.491 e. The third kappa shape index (κ3) is 6.10. The smallest absolute Gasteiger partial charge is 0.231 e. The van der Waals surface area contributed by atoms with Gasteiger partial charge in [-0.05, 0) is 42.0 Å². The highest BCUT2D eigenvalue weighted by atomic mass is 16.7. The molecule has 166 valence electrons. The number of hydrogen-bond acceptors (Lipinski definition) is 7. The highest BCUT2D eigenvalue weighted by Crippen LogP contribution is 2.32. The molecule has 0 radical (unpaired) electrons. The van der Waals surface area contributed by atoms with Crippen LogP contribution in [0.5, 0.6) is 17.2 Å². The summed E-state index contributed by atoms with van der Waals surface area (Å²) < 4.78 is 16.5. The van der Waals surface area contributed by atoms with E-state index >= 15 is 0 Å². The summed E-state index contributed by atoms with van der Waals surface area (Å²) in [5, 5.41) is 13.1. The maximum Gasteiger partial charge on any atom is 0.231 e. The monoisotopic (exact) mass is 427 g/mol. The fourth-order valence-corrected chi connectivity index (χ4v) is 3.81. The number of amides is 1. The number of fused-ring (bicyclic) bond motifs is 1. The summed E-state index contributed by atoms with van der Waals surface area (Å²) in [7, 11) is 0. The first-order chi connectivity index (χ1) is 15.0. The Kier molecular flexibility index (Phi) is 6.91. The lowest BCUT2D eigenvalue weighted by Crippen LogP contribution is -2.48. The van der Waals surface area contributed by atoms with E-state index in [1.807, 2.05) is 6.07 Å². The second-order valence-corrected chi connectivity index (χ2v) is 7.93. The molecule has 1 amide bonds. The van der Waals surface area contributed by atoms with Gasteiger partial charge in [0.15, 0.2) is 11.5 Å². The normalized spacial score (nSPS) is 17.4. The van der Waals surface area contributed by atoms with Gasteiger partial charge in [-0.15, -0.1) is 0 Å². The Labute approximate surface area is 182 Å². The number of nitrogens with one attached hydrogen (secondary N) is 1. The van der Waals surface area contributed by atoms with E-state index in [1.165, 1.54) is 12.5 Å². The third-order valence-corrected chi connectivity index (χ3v) is 5.39. The predicted molar refractivity (Wildman–Crippen MR) is 117 cm³/mol. The van der Waals surface area contributed by atoms with Crippen molar-refractivity contribution in [1.29, 1.82) is 0 Å². The van der Waals surface area contributed by atoms with Crippen LogP contribution in [0.3, 0.4) is 0 Å². The molecule has 0 aliphatic carbocycles. The second kappa shape index (κ2) is 10.00. The molecule has 0 saturated carbocycles. The summed E-state index contributed by atoms with van der Waals surface area (Å²) >= 11 is 0. The van der Waals surface area contributed by atoms with Crippen molar-refractivity contribution in [2.45, 2.75) is 19.6 Å². The Hall–Kier alpha value is -2.81. The standard InChI is InChI=1S/C23H29N3O5/c1-17(27)24-19-3-5-21(6-4-19)29-15-20(28)14-26-10-8-25(9-11-26)13-18-2-7-22-23(12-18)31-16-30-22/h2-7,12,20,28H,8-11,13-16H2,1H3,(H,24,27)/t20-/m0/s1. The first kappa shape index (κ1) is 21.4. The molecule has 0 aromatic heterocycles. The summed E-state index contributed by atoms with van der Waals surface area (Å²) in [5.41, 5.74) is 1.94. The van der Waals surface area contributed by atoms with E-state index in [-0.39, 0.29) is 12.5 Å². The zero-order valence-electron chi connectivity index (χ0n) is 17.8. The van der Waals surface area contributed by atoms with Crippen LogP contribution in [0.4, 0.5) is 5.69 Å². The Balaban J connectivity index is 1.16. The lowest BCUT2D eigenvalue weighted by molar-refractivity contribution is -0.114. The molecule has 2 aromatic carbocycles. The van der Waals surface area contributed by atoms with Crippen LogP contribution in [0.1, 0.15) is 12.5 Å². The van der Waals surface area contributed by atoms with Crippen LogP contribution < -0.4 is 19.5 Å². The van der Waals surface area contributed by atoms with Crippen LogP contribution >= 0.6 is 0 Å². The van der Waals surface area contributed by atoms with E-state index in [0.29, 0.717) is 19.1 Å². The second-order valence-electron chi connectivity index (χ2n) is 7.93. The molecule has 0 unspecified atom stereocenters. The first-order valence-corrected chi connectivity index (χ1v) is 10.6. The number of aliphatic hydroxyl groups is 1. The molecule has 2 heterocycles. The molecule has 0 bridgehead atoms. The van der Waals surface area contributed by atoms with E-state index in [0.717, 1.165) is 49.9 Å². The molecule has 4 rings (SSSR count). The molecule has 2 aromatic rings. The number of rotatable bonds is 8. The van der Waals surface area contributed by atoms with Crippen molar-refractivity contribution in [2.75, 3.05) is 51.4 Å². The molecule has 0 spiro atoms. The number of piperazine rings is 1. The lowest BCUT2D eigenvalue weighted by atomic mass is 10.1. The number of carbonyl (C=O) groups excluding carboxylic acids is 1. The van der Waals surface area contributed by atoms with E-state index in [2.05, 4.69) is 27.2 Å². The quantitative estimate of drug-likeness (QED) is 0.666. The molecule has 1 atom stereocenters. The van der Waals surface area contributed by atoms with Crippen LogP contribution in [0.2, 0.25) is 0 Å². The number of benzene rings is 2. The summed E-state index contributed by atoms with van der Waals surface area (Å²) in [6.07, 6.45) is -0.560. The minimum atomic E-state index is -0.560. The van der Waals surface area contributed by atoms with Crippen molar-refractivity contribution < 1.29 is 24.1 Å². The number of nitrogens with zero attached hydrogens (tertiary/aromatic N) is 2. The topological polar surface area (TPSA) is 83.5 Å². The Bertz CT molecular complexity index is 881. The SMILES string of the molecule is CC(=O)Nc1ccc(OC[C@@H](O)CN2CCN(Cc3ccc4c(c3)OCO4)CC2)cc1. The van der Waals surface area contributed by atoms with Gasteiger partial charge >= 0.3 is 0 Å². The van der Waals surface area contributed by atoms with E-state index < -0.39 is 6.10 Å². The van der Waals surface area contributed by atoms with Crippen molar-refractivity contribution in [3.05, 3.63) is 48.0 Å². The number of ether oxygens (including phenoxy) is 3. The fraction of sp³-hybridized carbons (Fsp3) is 0.435. The van der Waals surface area contributed by atoms with E-state index in [1.54, 1.807) is 24.3 Å². The highest BCUT2D eigenvalue weighted by molar-refractivity contribution is 5.88. The number of hydrogen-bond donors (Lipinski definition) is 2. The van der Waals surface area contributed by atoms with Gasteiger partial charge < -0.3 is 24.6 Å². The summed E-state index contributed by atoms with van der Waals surface area (Å²) in [6.45, 7) is 7.19. The average Bonchev–Trinajstić information content (AvgIpc) is 3.22. The zero-order chi connectivity index (χ0) is 21.6. The molecular weight excluding hydrogens is 398 g/mol. The number of carbonyl (C=O) groups is 1. The largest absolute Gasteiger partial charge is 0.491 e.